The van der Waals surface area contributed by atoms with Crippen LogP contribution in [0.15, 0.2) is 67.0 Å². The second-order valence-electron chi connectivity index (χ2n) is 5.56. The van der Waals surface area contributed by atoms with Gasteiger partial charge in [-0.15, -0.1) is 0 Å². The maximum atomic E-state index is 12.4. The number of amides is 1. The summed E-state index contributed by atoms with van der Waals surface area (Å²) in [6.45, 7) is 0.691. The van der Waals surface area contributed by atoms with E-state index in [0.29, 0.717) is 28.8 Å². The number of nitrogens with zero attached hydrogens (tertiary/aromatic N) is 3. The van der Waals surface area contributed by atoms with Crippen molar-refractivity contribution in [2.75, 3.05) is 17.3 Å². The first-order valence-electron chi connectivity index (χ1n) is 7.76. The first-order chi connectivity index (χ1) is 12.1. The minimum atomic E-state index is -0.293. The number of anilines is 2. The lowest BCUT2D eigenvalue weighted by atomic mass is 10.2. The molecule has 0 spiro atoms. The van der Waals surface area contributed by atoms with Crippen molar-refractivity contribution in [1.82, 2.24) is 9.97 Å². The van der Waals surface area contributed by atoms with Crippen molar-refractivity contribution in [3.63, 3.8) is 0 Å². The molecule has 0 aliphatic rings. The molecule has 0 aliphatic carbocycles. The Bertz CT molecular complexity index is 853. The Balaban J connectivity index is 1.72. The zero-order chi connectivity index (χ0) is 17.6. The Morgan fingerprint density at radius 2 is 1.80 bits per heavy atom. The minimum Gasteiger partial charge on any atom is -0.355 e. The van der Waals surface area contributed by atoms with Gasteiger partial charge in [0.2, 0.25) is 0 Å². The van der Waals surface area contributed by atoms with Gasteiger partial charge in [-0.05, 0) is 29.8 Å². The molecule has 1 aromatic heterocycles. The highest BCUT2D eigenvalue weighted by molar-refractivity contribution is 6.30. The SMILES string of the molecule is CN(Cc1ccccc1)c1cc(C(=O)Nc2ccc(Cl)cc2)ncn1. The van der Waals surface area contributed by atoms with E-state index < -0.39 is 0 Å². The molecule has 1 heterocycles. The summed E-state index contributed by atoms with van der Waals surface area (Å²) in [5.41, 5.74) is 2.13. The van der Waals surface area contributed by atoms with Gasteiger partial charge in [-0.1, -0.05) is 41.9 Å². The molecular formula is C19H17ClN4O. The molecule has 5 nitrogen and oxygen atoms in total. The number of nitrogens with one attached hydrogen (secondary N) is 1. The first kappa shape index (κ1) is 16.9. The summed E-state index contributed by atoms with van der Waals surface area (Å²) in [7, 11) is 1.93. The van der Waals surface area contributed by atoms with Crippen LogP contribution in [-0.4, -0.2) is 22.9 Å². The molecule has 0 aliphatic heterocycles. The first-order valence-corrected chi connectivity index (χ1v) is 8.13. The summed E-state index contributed by atoms with van der Waals surface area (Å²) in [6, 6.07) is 18.7. The van der Waals surface area contributed by atoms with Gasteiger partial charge in [-0.2, -0.15) is 0 Å². The number of hydrogen-bond donors (Lipinski definition) is 1. The lowest BCUT2D eigenvalue weighted by Crippen LogP contribution is -2.20. The molecular weight excluding hydrogens is 336 g/mol. The highest BCUT2D eigenvalue weighted by Gasteiger charge is 2.11. The van der Waals surface area contributed by atoms with E-state index in [1.165, 1.54) is 6.33 Å². The lowest BCUT2D eigenvalue weighted by molar-refractivity contribution is 0.102. The van der Waals surface area contributed by atoms with Crippen LogP contribution < -0.4 is 10.2 Å². The topological polar surface area (TPSA) is 58.1 Å². The highest BCUT2D eigenvalue weighted by atomic mass is 35.5. The van der Waals surface area contributed by atoms with Crippen LogP contribution in [0.1, 0.15) is 16.1 Å². The molecule has 126 valence electrons. The van der Waals surface area contributed by atoms with Gasteiger partial charge in [-0.3, -0.25) is 4.79 Å². The van der Waals surface area contributed by atoms with Crippen molar-refractivity contribution in [2.45, 2.75) is 6.54 Å². The molecule has 0 bridgehead atoms. The molecule has 0 atom stereocenters. The molecule has 25 heavy (non-hydrogen) atoms. The van der Waals surface area contributed by atoms with Gasteiger partial charge in [0.05, 0.1) is 0 Å². The van der Waals surface area contributed by atoms with Crippen molar-refractivity contribution in [3.05, 3.63) is 83.3 Å². The van der Waals surface area contributed by atoms with Crippen LogP contribution in [0.5, 0.6) is 0 Å². The van der Waals surface area contributed by atoms with Crippen LogP contribution in [0.2, 0.25) is 5.02 Å². The Labute approximate surface area is 151 Å². The van der Waals surface area contributed by atoms with E-state index in [1.807, 2.05) is 42.3 Å². The number of aromatic nitrogens is 2. The van der Waals surface area contributed by atoms with Gasteiger partial charge in [0.25, 0.3) is 5.91 Å². The van der Waals surface area contributed by atoms with E-state index in [-0.39, 0.29) is 5.91 Å². The predicted octanol–water partition coefficient (Wildman–Crippen LogP) is 4.02. The largest absolute Gasteiger partial charge is 0.355 e. The molecule has 0 radical (unpaired) electrons. The van der Waals surface area contributed by atoms with E-state index >= 15 is 0 Å². The second-order valence-corrected chi connectivity index (χ2v) is 6.00. The molecule has 1 N–H and O–H groups in total. The van der Waals surface area contributed by atoms with Gasteiger partial charge in [-0.25, -0.2) is 9.97 Å². The third-order valence-electron chi connectivity index (χ3n) is 3.64. The summed E-state index contributed by atoms with van der Waals surface area (Å²) in [5, 5.41) is 3.41. The highest BCUT2D eigenvalue weighted by Crippen LogP contribution is 2.16. The number of carbonyl (C=O) groups is 1. The summed E-state index contributed by atoms with van der Waals surface area (Å²) in [5.74, 6) is 0.388. The van der Waals surface area contributed by atoms with Crippen molar-refractivity contribution in [3.8, 4) is 0 Å². The fourth-order valence-electron chi connectivity index (χ4n) is 2.35. The summed E-state index contributed by atoms with van der Waals surface area (Å²) in [6.07, 6.45) is 1.40. The minimum absolute atomic E-state index is 0.293. The van der Waals surface area contributed by atoms with Crippen LogP contribution in [0.25, 0.3) is 0 Å². The Hall–Kier alpha value is -2.92. The number of halogens is 1. The molecule has 3 aromatic rings. The smallest absolute Gasteiger partial charge is 0.274 e. The van der Waals surface area contributed by atoms with E-state index in [0.717, 1.165) is 5.56 Å². The average Bonchev–Trinajstić information content (AvgIpc) is 2.64. The average molecular weight is 353 g/mol. The van der Waals surface area contributed by atoms with Gasteiger partial charge in [0.15, 0.2) is 0 Å². The third kappa shape index (κ3) is 4.55. The van der Waals surface area contributed by atoms with Gasteiger partial charge in [0, 0.05) is 30.4 Å². The zero-order valence-corrected chi connectivity index (χ0v) is 14.4. The van der Waals surface area contributed by atoms with Gasteiger partial charge in [0.1, 0.15) is 17.8 Å². The molecule has 0 fully saturated rings. The number of carbonyl (C=O) groups excluding carboxylic acids is 1. The van der Waals surface area contributed by atoms with Crippen molar-refractivity contribution in [1.29, 1.82) is 0 Å². The second kappa shape index (κ2) is 7.77. The van der Waals surface area contributed by atoms with Crippen molar-refractivity contribution >= 4 is 29.0 Å². The Morgan fingerprint density at radius 1 is 1.08 bits per heavy atom. The van der Waals surface area contributed by atoms with Crippen LogP contribution >= 0.6 is 11.6 Å². The third-order valence-corrected chi connectivity index (χ3v) is 3.89. The maximum Gasteiger partial charge on any atom is 0.274 e. The molecule has 0 saturated carbocycles. The Kier molecular flexibility index (Phi) is 5.26. The quantitative estimate of drug-likeness (QED) is 0.753. The summed E-state index contributed by atoms with van der Waals surface area (Å²) < 4.78 is 0. The van der Waals surface area contributed by atoms with Gasteiger partial charge < -0.3 is 10.2 Å². The van der Waals surface area contributed by atoms with Gasteiger partial charge >= 0.3 is 0 Å². The maximum absolute atomic E-state index is 12.4. The monoisotopic (exact) mass is 352 g/mol. The van der Waals surface area contributed by atoms with Crippen LogP contribution in [0.4, 0.5) is 11.5 Å². The van der Waals surface area contributed by atoms with E-state index in [1.54, 1.807) is 30.3 Å². The number of benzene rings is 2. The van der Waals surface area contributed by atoms with E-state index in [2.05, 4.69) is 15.3 Å². The summed E-state index contributed by atoms with van der Waals surface area (Å²) >= 11 is 5.85. The Morgan fingerprint density at radius 3 is 2.52 bits per heavy atom. The van der Waals surface area contributed by atoms with Crippen molar-refractivity contribution < 1.29 is 4.79 Å². The fourth-order valence-corrected chi connectivity index (χ4v) is 2.47. The normalized spacial score (nSPS) is 10.3. The molecule has 2 aromatic carbocycles. The fraction of sp³-hybridized carbons (Fsp3) is 0.105. The van der Waals surface area contributed by atoms with Crippen LogP contribution in [0, 0.1) is 0 Å². The summed E-state index contributed by atoms with van der Waals surface area (Å²) in [4.78, 5) is 22.7. The predicted molar refractivity (Wildman–Crippen MR) is 100.0 cm³/mol. The molecule has 0 unspecified atom stereocenters. The molecule has 1 amide bonds. The van der Waals surface area contributed by atoms with Crippen LogP contribution in [-0.2, 0) is 6.54 Å². The van der Waals surface area contributed by atoms with Crippen molar-refractivity contribution in [2.24, 2.45) is 0 Å². The number of hydrogen-bond acceptors (Lipinski definition) is 4. The molecule has 3 rings (SSSR count). The zero-order valence-electron chi connectivity index (χ0n) is 13.7. The molecule has 6 heteroatoms. The van der Waals surface area contributed by atoms with Crippen LogP contribution in [0.3, 0.4) is 0 Å². The van der Waals surface area contributed by atoms with E-state index in [9.17, 15) is 4.79 Å². The standard InChI is InChI=1S/C19H17ClN4O/c1-24(12-14-5-3-2-4-6-14)18-11-17(21-13-22-18)19(25)23-16-9-7-15(20)8-10-16/h2-11,13H,12H2,1H3,(H,23,25). The molecule has 0 saturated heterocycles. The number of rotatable bonds is 5. The lowest BCUT2D eigenvalue weighted by Gasteiger charge is -2.18. The van der Waals surface area contributed by atoms with E-state index in [4.69, 9.17) is 11.6 Å².